The summed E-state index contributed by atoms with van der Waals surface area (Å²) in [6, 6.07) is 6.85. The van der Waals surface area contributed by atoms with Crippen LogP contribution < -0.4 is 14.8 Å². The molecule has 2 aliphatic heterocycles. The summed E-state index contributed by atoms with van der Waals surface area (Å²) in [5.41, 5.74) is 0.799. The highest BCUT2D eigenvalue weighted by atomic mass is 32.1. The van der Waals surface area contributed by atoms with Gasteiger partial charge in [-0.25, -0.2) is 0 Å². The molecule has 2 fully saturated rings. The molecular weight excluding hydrogens is 430 g/mol. The highest BCUT2D eigenvalue weighted by Crippen LogP contribution is 2.34. The minimum atomic E-state index is -0.261. The molecule has 4 rings (SSSR count). The van der Waals surface area contributed by atoms with E-state index in [2.05, 4.69) is 10.2 Å². The number of benzene rings is 1. The van der Waals surface area contributed by atoms with Crippen LogP contribution in [0.3, 0.4) is 0 Å². The van der Waals surface area contributed by atoms with Crippen LogP contribution in [0.2, 0.25) is 0 Å². The van der Waals surface area contributed by atoms with Crippen molar-refractivity contribution in [2.75, 3.05) is 58.9 Å². The standard InChI is InChI=1S/C23H29N3O5S/c1-29-19-13-17(18(14-20(19)30-2)24-22(27)21-6-4-12-32-21)23(28)26-9-7-25(8-10-26)15-16-5-3-11-31-16/h4,6,12-14,16H,3,5,7-11,15H2,1-2H3,(H,24,27)/t16-/m1/s1. The van der Waals surface area contributed by atoms with Gasteiger partial charge in [0, 0.05) is 45.4 Å². The van der Waals surface area contributed by atoms with Crippen LogP contribution in [0.4, 0.5) is 5.69 Å². The lowest BCUT2D eigenvalue weighted by Gasteiger charge is -2.36. The Hall–Kier alpha value is -2.62. The second-order valence-electron chi connectivity index (χ2n) is 7.91. The van der Waals surface area contributed by atoms with E-state index in [4.69, 9.17) is 14.2 Å². The van der Waals surface area contributed by atoms with Crippen molar-refractivity contribution in [3.05, 3.63) is 40.1 Å². The van der Waals surface area contributed by atoms with Crippen LogP contribution in [0.25, 0.3) is 0 Å². The summed E-state index contributed by atoms with van der Waals surface area (Å²) in [4.78, 5) is 30.9. The zero-order chi connectivity index (χ0) is 22.5. The number of methoxy groups -OCH3 is 2. The summed E-state index contributed by atoms with van der Waals surface area (Å²) in [6.07, 6.45) is 2.54. The summed E-state index contributed by atoms with van der Waals surface area (Å²) >= 11 is 1.34. The lowest BCUT2D eigenvalue weighted by Crippen LogP contribution is -2.50. The highest BCUT2D eigenvalue weighted by Gasteiger charge is 2.28. The molecule has 0 spiro atoms. The smallest absolute Gasteiger partial charge is 0.265 e. The molecule has 9 heteroatoms. The number of carbonyl (C=O) groups excluding carboxylic acids is 2. The summed E-state index contributed by atoms with van der Waals surface area (Å²) in [5, 5.41) is 4.72. The first-order valence-corrected chi connectivity index (χ1v) is 11.7. The molecule has 1 atom stereocenters. The molecule has 0 unspecified atom stereocenters. The van der Waals surface area contributed by atoms with Crippen LogP contribution in [0, 0.1) is 0 Å². The van der Waals surface area contributed by atoms with Gasteiger partial charge in [0.25, 0.3) is 11.8 Å². The predicted molar refractivity (Wildman–Crippen MR) is 123 cm³/mol. The van der Waals surface area contributed by atoms with Gasteiger partial charge in [0.1, 0.15) is 0 Å². The first-order valence-electron chi connectivity index (χ1n) is 10.8. The van der Waals surface area contributed by atoms with Crippen molar-refractivity contribution < 1.29 is 23.8 Å². The van der Waals surface area contributed by atoms with Crippen molar-refractivity contribution in [3.8, 4) is 11.5 Å². The number of nitrogens with zero attached hydrogens (tertiary/aromatic N) is 2. The van der Waals surface area contributed by atoms with E-state index < -0.39 is 0 Å². The Morgan fingerprint density at radius 1 is 1.16 bits per heavy atom. The lowest BCUT2D eigenvalue weighted by molar-refractivity contribution is 0.0433. The molecule has 8 nitrogen and oxygen atoms in total. The van der Waals surface area contributed by atoms with Crippen molar-refractivity contribution in [2.45, 2.75) is 18.9 Å². The van der Waals surface area contributed by atoms with Gasteiger partial charge in [-0.15, -0.1) is 11.3 Å². The number of rotatable bonds is 7. The van der Waals surface area contributed by atoms with Crippen LogP contribution in [-0.2, 0) is 4.74 Å². The van der Waals surface area contributed by atoms with Crippen LogP contribution in [0.5, 0.6) is 11.5 Å². The van der Waals surface area contributed by atoms with E-state index in [9.17, 15) is 9.59 Å². The van der Waals surface area contributed by atoms with Gasteiger partial charge >= 0.3 is 0 Å². The number of anilines is 1. The summed E-state index contributed by atoms with van der Waals surface area (Å²) in [6.45, 7) is 4.62. The number of piperazine rings is 1. The molecule has 2 amide bonds. The van der Waals surface area contributed by atoms with Crippen LogP contribution in [-0.4, -0.2) is 81.3 Å². The molecule has 32 heavy (non-hydrogen) atoms. The van der Waals surface area contributed by atoms with E-state index in [1.165, 1.54) is 25.6 Å². The zero-order valence-corrected chi connectivity index (χ0v) is 19.3. The molecule has 0 bridgehead atoms. The van der Waals surface area contributed by atoms with Crippen LogP contribution in [0.15, 0.2) is 29.6 Å². The summed E-state index contributed by atoms with van der Waals surface area (Å²) < 4.78 is 16.5. The Bertz CT molecular complexity index is 935. The van der Waals surface area contributed by atoms with Gasteiger partial charge in [-0.3, -0.25) is 14.5 Å². The average molecular weight is 460 g/mol. The van der Waals surface area contributed by atoms with Crippen molar-refractivity contribution in [2.24, 2.45) is 0 Å². The number of ether oxygens (including phenoxy) is 3. The molecular formula is C23H29N3O5S. The molecule has 1 aromatic heterocycles. The number of nitrogens with one attached hydrogen (secondary N) is 1. The Labute approximate surface area is 192 Å². The zero-order valence-electron chi connectivity index (χ0n) is 18.5. The van der Waals surface area contributed by atoms with E-state index in [0.29, 0.717) is 46.8 Å². The number of hydrogen-bond acceptors (Lipinski definition) is 7. The van der Waals surface area contributed by atoms with Crippen molar-refractivity contribution in [1.82, 2.24) is 9.80 Å². The molecule has 172 valence electrons. The van der Waals surface area contributed by atoms with Gasteiger partial charge in [0.2, 0.25) is 0 Å². The van der Waals surface area contributed by atoms with E-state index >= 15 is 0 Å². The molecule has 1 N–H and O–H groups in total. The molecule has 2 aromatic rings. The first-order chi connectivity index (χ1) is 15.6. The lowest BCUT2D eigenvalue weighted by atomic mass is 10.1. The topological polar surface area (TPSA) is 80.3 Å². The van der Waals surface area contributed by atoms with E-state index in [0.717, 1.165) is 39.1 Å². The van der Waals surface area contributed by atoms with Crippen LogP contribution >= 0.6 is 11.3 Å². The number of hydrogen-bond donors (Lipinski definition) is 1. The SMILES string of the molecule is COc1cc(NC(=O)c2cccs2)c(C(=O)N2CCN(C[C@H]3CCCO3)CC2)cc1OC. The molecule has 2 saturated heterocycles. The maximum Gasteiger partial charge on any atom is 0.265 e. The molecule has 2 aliphatic rings. The normalized spacial score (nSPS) is 19.1. The molecule has 0 radical (unpaired) electrons. The monoisotopic (exact) mass is 459 g/mol. The van der Waals surface area contributed by atoms with Crippen LogP contribution in [0.1, 0.15) is 32.9 Å². The van der Waals surface area contributed by atoms with E-state index in [1.54, 1.807) is 18.2 Å². The third-order valence-electron chi connectivity index (χ3n) is 5.89. The van der Waals surface area contributed by atoms with E-state index in [1.807, 2.05) is 16.3 Å². The van der Waals surface area contributed by atoms with Gasteiger partial charge in [-0.1, -0.05) is 6.07 Å². The maximum absolute atomic E-state index is 13.4. The molecule has 0 aliphatic carbocycles. The van der Waals surface area contributed by atoms with Gasteiger partial charge in [-0.05, 0) is 30.4 Å². The van der Waals surface area contributed by atoms with E-state index in [-0.39, 0.29) is 11.8 Å². The van der Waals surface area contributed by atoms with Crippen molar-refractivity contribution in [1.29, 1.82) is 0 Å². The third kappa shape index (κ3) is 5.06. The quantitative estimate of drug-likeness (QED) is 0.686. The Kier molecular flexibility index (Phi) is 7.29. The number of amides is 2. The third-order valence-corrected chi connectivity index (χ3v) is 6.76. The minimum absolute atomic E-state index is 0.135. The largest absolute Gasteiger partial charge is 0.493 e. The highest BCUT2D eigenvalue weighted by molar-refractivity contribution is 7.12. The van der Waals surface area contributed by atoms with Crippen molar-refractivity contribution >= 4 is 28.8 Å². The number of thiophene rings is 1. The fraction of sp³-hybridized carbons (Fsp3) is 0.478. The van der Waals surface area contributed by atoms with Crippen molar-refractivity contribution in [3.63, 3.8) is 0 Å². The Morgan fingerprint density at radius 3 is 2.53 bits per heavy atom. The van der Waals surface area contributed by atoms with Gasteiger partial charge < -0.3 is 24.4 Å². The first kappa shape index (κ1) is 22.6. The second-order valence-corrected chi connectivity index (χ2v) is 8.86. The molecule has 3 heterocycles. The summed E-state index contributed by atoms with van der Waals surface area (Å²) in [5.74, 6) is 0.501. The summed E-state index contributed by atoms with van der Waals surface area (Å²) in [7, 11) is 3.05. The number of carbonyl (C=O) groups is 2. The minimum Gasteiger partial charge on any atom is -0.493 e. The average Bonchev–Trinajstić information content (AvgIpc) is 3.53. The molecule has 0 saturated carbocycles. The van der Waals surface area contributed by atoms with Gasteiger partial charge in [-0.2, -0.15) is 0 Å². The molecule has 1 aromatic carbocycles. The second kappa shape index (κ2) is 10.3. The Balaban J connectivity index is 1.50. The van der Waals surface area contributed by atoms with Gasteiger partial charge in [0.05, 0.1) is 36.5 Å². The predicted octanol–water partition coefficient (Wildman–Crippen LogP) is 2.95. The fourth-order valence-electron chi connectivity index (χ4n) is 4.13. The Morgan fingerprint density at radius 2 is 1.91 bits per heavy atom. The maximum atomic E-state index is 13.4. The fourth-order valence-corrected chi connectivity index (χ4v) is 4.75. The van der Waals surface area contributed by atoms with Gasteiger partial charge in [0.15, 0.2) is 11.5 Å².